The van der Waals surface area contributed by atoms with Crippen molar-refractivity contribution in [3.63, 3.8) is 0 Å². The van der Waals surface area contributed by atoms with Crippen LogP contribution in [0.1, 0.15) is 32.1 Å². The number of hydrogen-bond acceptors (Lipinski definition) is 3. The molecule has 3 aliphatic rings. The Morgan fingerprint density at radius 3 is 3.25 bits per heavy atom. The molecule has 2 aliphatic heterocycles. The van der Waals surface area contributed by atoms with Crippen molar-refractivity contribution in [2.24, 2.45) is 5.92 Å². The van der Waals surface area contributed by atoms with Gasteiger partial charge < -0.3 is 10.4 Å². The quantitative estimate of drug-likeness (QED) is 0.755. The first kappa shape index (κ1) is 13.9. The molecule has 2 N–H and O–H groups in total. The summed E-state index contributed by atoms with van der Waals surface area (Å²) in [6.45, 7) is 7.08. The average molecular weight is 274 g/mol. The fourth-order valence-corrected chi connectivity index (χ4v) is 3.87. The summed E-state index contributed by atoms with van der Waals surface area (Å²) in [5.74, 6) is 0.329. The normalized spacial score (nSPS) is 31.2. The molecule has 3 nitrogen and oxygen atoms in total. The summed E-state index contributed by atoms with van der Waals surface area (Å²) < 4.78 is 0. The molecule has 0 bridgehead atoms. The van der Waals surface area contributed by atoms with Crippen LogP contribution in [0.2, 0.25) is 0 Å². The van der Waals surface area contributed by atoms with E-state index < -0.39 is 0 Å². The lowest BCUT2D eigenvalue weighted by Gasteiger charge is -2.31. The lowest BCUT2D eigenvalue weighted by Crippen LogP contribution is -2.36. The number of aliphatic hydroxyl groups is 1. The number of rotatable bonds is 5. The van der Waals surface area contributed by atoms with Gasteiger partial charge in [0.25, 0.3) is 0 Å². The van der Waals surface area contributed by atoms with E-state index in [2.05, 4.69) is 35.0 Å². The lowest BCUT2D eigenvalue weighted by atomic mass is 9.86. The number of hydrogen-bond donors (Lipinski definition) is 2. The number of nitrogens with one attached hydrogen (secondary N) is 1. The van der Waals surface area contributed by atoms with Crippen LogP contribution in [0, 0.1) is 5.92 Å². The predicted molar refractivity (Wildman–Crippen MR) is 82.3 cm³/mol. The van der Waals surface area contributed by atoms with E-state index in [1.54, 1.807) is 0 Å². The van der Waals surface area contributed by atoms with Gasteiger partial charge in [-0.05, 0) is 37.8 Å². The molecule has 0 saturated carbocycles. The summed E-state index contributed by atoms with van der Waals surface area (Å²) in [4.78, 5) is 2.47. The van der Waals surface area contributed by atoms with Gasteiger partial charge in [0.15, 0.2) is 0 Å². The Morgan fingerprint density at radius 2 is 2.40 bits per heavy atom. The van der Waals surface area contributed by atoms with Crippen molar-refractivity contribution >= 4 is 0 Å². The second-order valence-electron chi connectivity index (χ2n) is 6.20. The number of likely N-dealkylation sites (tertiary alicyclic amines) is 1. The molecule has 3 heteroatoms. The molecule has 2 heterocycles. The Morgan fingerprint density at radius 1 is 1.50 bits per heavy atom. The minimum Gasteiger partial charge on any atom is -0.392 e. The third kappa shape index (κ3) is 2.70. The van der Waals surface area contributed by atoms with Gasteiger partial charge in [-0.25, -0.2) is 0 Å². The van der Waals surface area contributed by atoms with E-state index in [-0.39, 0.29) is 6.10 Å². The van der Waals surface area contributed by atoms with E-state index in [0.29, 0.717) is 12.0 Å². The zero-order valence-corrected chi connectivity index (χ0v) is 12.2. The topological polar surface area (TPSA) is 35.5 Å². The molecular weight excluding hydrogens is 248 g/mol. The maximum absolute atomic E-state index is 10.6. The highest BCUT2D eigenvalue weighted by atomic mass is 16.3. The van der Waals surface area contributed by atoms with E-state index in [9.17, 15) is 5.11 Å². The summed E-state index contributed by atoms with van der Waals surface area (Å²) in [6, 6.07) is 0.524. The molecule has 20 heavy (non-hydrogen) atoms. The zero-order chi connectivity index (χ0) is 13.9. The molecule has 0 aromatic carbocycles. The molecule has 110 valence electrons. The molecular formula is C17H26N2O. The van der Waals surface area contributed by atoms with Crippen LogP contribution in [0.3, 0.4) is 0 Å². The van der Waals surface area contributed by atoms with Crippen LogP contribution < -0.4 is 5.32 Å². The van der Waals surface area contributed by atoms with Gasteiger partial charge in [0.05, 0.1) is 6.10 Å². The van der Waals surface area contributed by atoms with E-state index in [1.165, 1.54) is 24.1 Å². The molecule has 1 fully saturated rings. The highest BCUT2D eigenvalue weighted by Crippen LogP contribution is 2.33. The van der Waals surface area contributed by atoms with Crippen LogP contribution in [-0.4, -0.2) is 41.8 Å². The molecule has 0 spiro atoms. The van der Waals surface area contributed by atoms with Crippen LogP contribution in [-0.2, 0) is 0 Å². The second kappa shape index (κ2) is 6.15. The van der Waals surface area contributed by atoms with Crippen molar-refractivity contribution in [1.29, 1.82) is 0 Å². The molecule has 0 radical (unpaired) electrons. The van der Waals surface area contributed by atoms with Gasteiger partial charge in [-0.1, -0.05) is 18.2 Å². The Labute approximate surface area is 122 Å². The highest BCUT2D eigenvalue weighted by molar-refractivity contribution is 5.37. The first-order chi connectivity index (χ1) is 9.79. The monoisotopic (exact) mass is 274 g/mol. The third-order valence-corrected chi connectivity index (χ3v) is 5.02. The van der Waals surface area contributed by atoms with E-state index >= 15 is 0 Å². The number of aliphatic hydroxyl groups excluding tert-OH is 1. The van der Waals surface area contributed by atoms with E-state index in [4.69, 9.17) is 0 Å². The van der Waals surface area contributed by atoms with E-state index in [0.717, 1.165) is 38.9 Å². The van der Waals surface area contributed by atoms with Gasteiger partial charge in [0.1, 0.15) is 0 Å². The zero-order valence-electron chi connectivity index (χ0n) is 12.2. The first-order valence-electron chi connectivity index (χ1n) is 7.97. The van der Waals surface area contributed by atoms with Crippen molar-refractivity contribution in [1.82, 2.24) is 10.2 Å². The molecule has 1 aliphatic carbocycles. The van der Waals surface area contributed by atoms with Crippen molar-refractivity contribution in [3.8, 4) is 0 Å². The maximum Gasteiger partial charge on any atom is 0.0622 e. The second-order valence-corrected chi connectivity index (χ2v) is 6.20. The van der Waals surface area contributed by atoms with Gasteiger partial charge >= 0.3 is 0 Å². The Hall–Kier alpha value is -1.06. The van der Waals surface area contributed by atoms with Gasteiger partial charge in [-0.2, -0.15) is 0 Å². The van der Waals surface area contributed by atoms with Crippen LogP contribution >= 0.6 is 0 Å². The largest absolute Gasteiger partial charge is 0.392 e. The standard InChI is InChI=1S/C17H26N2O/c1-2-13-5-4-11-19(13)12-9-17(20)15-8-10-18-16-7-3-6-14(15)16/h2-3,6,13,15,17-18,20H,1,4-5,7-12H2. The Balaban J connectivity index is 1.56. The molecule has 0 aromatic rings. The third-order valence-electron chi connectivity index (χ3n) is 5.02. The van der Waals surface area contributed by atoms with Crippen molar-refractivity contribution in [3.05, 3.63) is 36.1 Å². The summed E-state index contributed by atoms with van der Waals surface area (Å²) in [5.41, 5.74) is 2.69. The maximum atomic E-state index is 10.6. The molecule has 3 rings (SSSR count). The van der Waals surface area contributed by atoms with Crippen LogP contribution in [0.15, 0.2) is 36.1 Å². The smallest absolute Gasteiger partial charge is 0.0622 e. The molecule has 3 atom stereocenters. The van der Waals surface area contributed by atoms with Gasteiger partial charge in [0.2, 0.25) is 0 Å². The fraction of sp³-hybridized carbons (Fsp3) is 0.647. The molecule has 3 unspecified atom stereocenters. The predicted octanol–water partition coefficient (Wildman–Crippen LogP) is 2.21. The summed E-state index contributed by atoms with van der Waals surface area (Å²) in [6.07, 6.45) is 11.7. The van der Waals surface area contributed by atoms with Gasteiger partial charge in [-0.15, -0.1) is 6.58 Å². The van der Waals surface area contributed by atoms with Crippen LogP contribution in [0.25, 0.3) is 0 Å². The van der Waals surface area contributed by atoms with E-state index in [1.807, 2.05) is 0 Å². The lowest BCUT2D eigenvalue weighted by molar-refractivity contribution is 0.0946. The Bertz CT molecular complexity index is 427. The average Bonchev–Trinajstić information content (AvgIpc) is 3.12. The van der Waals surface area contributed by atoms with Crippen molar-refractivity contribution in [2.75, 3.05) is 19.6 Å². The summed E-state index contributed by atoms with van der Waals surface area (Å²) in [5, 5.41) is 14.1. The number of nitrogens with zero attached hydrogens (tertiary/aromatic N) is 1. The SMILES string of the molecule is C=CC1CCCN1CCC(O)C1CCNC2=C1C=CC2. The highest BCUT2D eigenvalue weighted by Gasteiger charge is 2.30. The first-order valence-corrected chi connectivity index (χ1v) is 7.97. The minimum absolute atomic E-state index is 0.212. The van der Waals surface area contributed by atoms with Crippen LogP contribution in [0.4, 0.5) is 0 Å². The molecule has 0 amide bonds. The van der Waals surface area contributed by atoms with Crippen molar-refractivity contribution in [2.45, 2.75) is 44.2 Å². The molecule has 0 aromatic heterocycles. The van der Waals surface area contributed by atoms with Crippen molar-refractivity contribution < 1.29 is 5.11 Å². The van der Waals surface area contributed by atoms with Crippen LogP contribution in [0.5, 0.6) is 0 Å². The summed E-state index contributed by atoms with van der Waals surface area (Å²) >= 11 is 0. The fourth-order valence-electron chi connectivity index (χ4n) is 3.87. The van der Waals surface area contributed by atoms with Gasteiger partial charge in [-0.3, -0.25) is 4.90 Å². The minimum atomic E-state index is -0.212. The number of allylic oxidation sites excluding steroid dienone is 2. The molecule has 1 saturated heterocycles. The van der Waals surface area contributed by atoms with Gasteiger partial charge in [0, 0.05) is 37.2 Å². The Kier molecular flexibility index (Phi) is 4.27. The summed E-state index contributed by atoms with van der Waals surface area (Å²) in [7, 11) is 0.